The Morgan fingerprint density at radius 1 is 0.444 bits per heavy atom. The van der Waals surface area contributed by atoms with Gasteiger partial charge in [0.2, 0.25) is 0 Å². The van der Waals surface area contributed by atoms with Crippen LogP contribution in [0.15, 0.2) is 182 Å². The molecule has 252 valence electrons. The summed E-state index contributed by atoms with van der Waals surface area (Å²) in [4.78, 5) is 19.0. The minimum atomic E-state index is -0.630. The van der Waals surface area contributed by atoms with Gasteiger partial charge in [-0.15, -0.1) is 0 Å². The van der Waals surface area contributed by atoms with Crippen molar-refractivity contribution in [3.8, 4) is 45.7 Å². The number of aromatic nitrogens is 3. The van der Waals surface area contributed by atoms with Gasteiger partial charge in [0.1, 0.15) is 11.5 Å². The summed E-state index contributed by atoms with van der Waals surface area (Å²) in [5, 5.41) is 4.47. The lowest BCUT2D eigenvalue weighted by Gasteiger charge is -2.41. The quantitative estimate of drug-likeness (QED) is 0.133. The number of nitrogens with zero attached hydrogens (tertiary/aromatic N) is 4. The normalized spacial score (nSPS) is 12.7. The molecule has 1 aliphatic rings. The Balaban J connectivity index is 1.22. The van der Waals surface area contributed by atoms with Crippen LogP contribution in [0.5, 0.6) is 11.5 Å². The highest BCUT2D eigenvalue weighted by molar-refractivity contribution is 6.13. The second-order valence-electron chi connectivity index (χ2n) is 13.4. The molecular formula is C49H30N4O. The lowest BCUT2D eigenvalue weighted by Crippen LogP contribution is -2.34. The summed E-state index contributed by atoms with van der Waals surface area (Å²) in [6.45, 7) is 7.49. The first-order chi connectivity index (χ1) is 26.7. The molecule has 0 spiro atoms. The van der Waals surface area contributed by atoms with Crippen molar-refractivity contribution in [1.82, 2.24) is 15.0 Å². The molecule has 0 aliphatic carbocycles. The van der Waals surface area contributed by atoms with Crippen molar-refractivity contribution in [3.63, 3.8) is 0 Å². The molecule has 0 fully saturated rings. The topological polar surface area (TPSA) is 52.3 Å². The lowest BCUT2D eigenvalue weighted by atomic mass is 9.63. The van der Waals surface area contributed by atoms with Gasteiger partial charge in [-0.3, -0.25) is 0 Å². The van der Waals surface area contributed by atoms with Crippen molar-refractivity contribution in [2.75, 3.05) is 0 Å². The van der Waals surface area contributed by atoms with Crippen molar-refractivity contribution in [2.45, 2.75) is 5.41 Å². The fraction of sp³-hybridized carbons (Fsp3) is 0.0204. The molecular weight excluding hydrogens is 661 g/mol. The molecule has 0 N–H and O–H groups in total. The van der Waals surface area contributed by atoms with Crippen LogP contribution in [0, 0.1) is 6.57 Å². The Kier molecular flexibility index (Phi) is 7.35. The van der Waals surface area contributed by atoms with Crippen LogP contribution in [-0.2, 0) is 5.41 Å². The summed E-state index contributed by atoms with van der Waals surface area (Å²) in [5.41, 5.74) is 6.86. The van der Waals surface area contributed by atoms with Gasteiger partial charge in [0.15, 0.2) is 23.2 Å². The summed E-state index contributed by atoms with van der Waals surface area (Å²) in [6.07, 6.45) is 0. The first-order valence-electron chi connectivity index (χ1n) is 17.9. The van der Waals surface area contributed by atoms with Crippen LogP contribution < -0.4 is 4.74 Å². The highest BCUT2D eigenvalue weighted by Crippen LogP contribution is 2.55. The van der Waals surface area contributed by atoms with Crippen LogP contribution in [0.3, 0.4) is 0 Å². The average molecular weight is 691 g/mol. The number of fused-ring (bicyclic) bond motifs is 5. The summed E-state index contributed by atoms with van der Waals surface area (Å²) in [6, 6.07) is 62.3. The van der Waals surface area contributed by atoms with Gasteiger partial charge in [-0.05, 0) is 50.9 Å². The largest absolute Gasteiger partial charge is 0.457 e. The monoisotopic (exact) mass is 690 g/mol. The molecule has 5 nitrogen and oxygen atoms in total. The molecule has 0 saturated heterocycles. The van der Waals surface area contributed by atoms with Crippen molar-refractivity contribution >= 4 is 27.2 Å². The van der Waals surface area contributed by atoms with Gasteiger partial charge >= 0.3 is 0 Å². The zero-order valence-corrected chi connectivity index (χ0v) is 29.0. The Labute approximate surface area is 312 Å². The number of rotatable bonds is 5. The molecule has 5 heteroatoms. The predicted octanol–water partition coefficient (Wildman–Crippen LogP) is 12.2. The van der Waals surface area contributed by atoms with E-state index in [9.17, 15) is 0 Å². The van der Waals surface area contributed by atoms with Crippen LogP contribution in [0.2, 0.25) is 0 Å². The van der Waals surface area contributed by atoms with Gasteiger partial charge in [0.25, 0.3) is 0 Å². The first kappa shape index (κ1) is 31.3. The molecule has 54 heavy (non-hydrogen) atoms. The van der Waals surface area contributed by atoms with Gasteiger partial charge < -0.3 is 4.74 Å². The number of hydrogen-bond donors (Lipinski definition) is 0. The maximum Gasteiger partial charge on any atom is 0.187 e. The fourth-order valence-corrected chi connectivity index (χ4v) is 8.03. The number of benzene rings is 8. The SMILES string of the molecule is [C-]#[N+]c1ccc(-c2nc(-c3ccc4c(c3)Oc3ccccc3C4(c3ccccc3)c3ccccc3)nc(-c3cc4ccccc4c4ccccc34)n2)cc1. The number of para-hydroxylation sites is 1. The molecule has 9 aromatic rings. The van der Waals surface area contributed by atoms with Crippen molar-refractivity contribution in [3.05, 3.63) is 216 Å². The van der Waals surface area contributed by atoms with Crippen LogP contribution in [0.25, 0.3) is 60.6 Å². The minimum absolute atomic E-state index is 0.524. The van der Waals surface area contributed by atoms with E-state index in [-0.39, 0.29) is 0 Å². The molecule has 0 unspecified atom stereocenters. The van der Waals surface area contributed by atoms with E-state index in [1.165, 1.54) is 5.39 Å². The Bertz CT molecular complexity index is 2880. The van der Waals surface area contributed by atoms with E-state index in [0.29, 0.717) is 23.2 Å². The molecule has 1 aromatic heterocycles. The minimum Gasteiger partial charge on any atom is -0.457 e. The summed E-state index contributed by atoms with van der Waals surface area (Å²) < 4.78 is 6.80. The molecule has 0 saturated carbocycles. The summed E-state index contributed by atoms with van der Waals surface area (Å²) in [5.74, 6) is 3.15. The summed E-state index contributed by atoms with van der Waals surface area (Å²) in [7, 11) is 0. The molecule has 1 aliphatic heterocycles. The third kappa shape index (κ3) is 4.97. The third-order valence-corrected chi connectivity index (χ3v) is 10.5. The Morgan fingerprint density at radius 3 is 1.72 bits per heavy atom. The van der Waals surface area contributed by atoms with Crippen molar-refractivity contribution in [1.29, 1.82) is 0 Å². The lowest BCUT2D eigenvalue weighted by molar-refractivity contribution is 0.434. The van der Waals surface area contributed by atoms with Crippen molar-refractivity contribution < 1.29 is 4.74 Å². The third-order valence-electron chi connectivity index (χ3n) is 10.5. The zero-order chi connectivity index (χ0) is 36.1. The predicted molar refractivity (Wildman–Crippen MR) is 216 cm³/mol. The maximum absolute atomic E-state index is 7.49. The standard InChI is InChI=1S/C49H30N4O/c1-50-37-27-24-32(25-28-37)46-51-47(53-48(52-46)41-30-33-14-8-9-19-38(33)39-20-10-11-21-40(39)41)34-26-29-43-45(31-34)54-44-23-13-12-22-42(44)49(43,35-15-4-2-5-16-35)36-17-6-3-7-18-36/h2-31H. The van der Waals surface area contributed by atoms with Gasteiger partial charge in [0, 0.05) is 27.8 Å². The van der Waals surface area contributed by atoms with Gasteiger partial charge in [-0.25, -0.2) is 19.8 Å². The van der Waals surface area contributed by atoms with Gasteiger partial charge in [-0.1, -0.05) is 164 Å². The van der Waals surface area contributed by atoms with E-state index >= 15 is 0 Å². The Morgan fingerprint density at radius 2 is 1.00 bits per heavy atom. The van der Waals surface area contributed by atoms with E-state index in [1.807, 2.05) is 24.3 Å². The molecule has 0 bridgehead atoms. The molecule has 0 amide bonds. The highest BCUT2D eigenvalue weighted by Gasteiger charge is 2.45. The van der Waals surface area contributed by atoms with E-state index in [4.69, 9.17) is 26.3 Å². The zero-order valence-electron chi connectivity index (χ0n) is 29.0. The van der Waals surface area contributed by atoms with Crippen LogP contribution in [-0.4, -0.2) is 15.0 Å². The molecule has 0 atom stereocenters. The van der Waals surface area contributed by atoms with Crippen LogP contribution in [0.4, 0.5) is 5.69 Å². The fourth-order valence-electron chi connectivity index (χ4n) is 8.03. The smallest absolute Gasteiger partial charge is 0.187 e. The number of hydrogen-bond acceptors (Lipinski definition) is 4. The van der Waals surface area contributed by atoms with Gasteiger partial charge in [0.05, 0.1) is 12.0 Å². The molecule has 8 aromatic carbocycles. The molecule has 2 heterocycles. The molecule has 10 rings (SSSR count). The maximum atomic E-state index is 7.49. The second kappa shape index (κ2) is 12.7. The summed E-state index contributed by atoms with van der Waals surface area (Å²) >= 11 is 0. The van der Waals surface area contributed by atoms with E-state index < -0.39 is 5.41 Å². The van der Waals surface area contributed by atoms with Crippen LogP contribution >= 0.6 is 0 Å². The first-order valence-corrected chi connectivity index (χ1v) is 17.9. The van der Waals surface area contributed by atoms with Gasteiger partial charge in [-0.2, -0.15) is 0 Å². The second-order valence-corrected chi connectivity index (χ2v) is 13.4. The van der Waals surface area contributed by atoms with Crippen LogP contribution in [0.1, 0.15) is 22.3 Å². The number of ether oxygens (including phenoxy) is 1. The van der Waals surface area contributed by atoms with E-state index in [1.54, 1.807) is 12.1 Å². The average Bonchev–Trinajstić information content (AvgIpc) is 3.25. The molecule has 0 radical (unpaired) electrons. The Hall–Kier alpha value is -7.42. The van der Waals surface area contributed by atoms with E-state index in [0.717, 1.165) is 66.6 Å². The van der Waals surface area contributed by atoms with E-state index in [2.05, 4.69) is 150 Å². The van der Waals surface area contributed by atoms with Crippen molar-refractivity contribution in [2.24, 2.45) is 0 Å². The highest BCUT2D eigenvalue weighted by atomic mass is 16.5.